The molecule has 78 valence electrons. The van der Waals surface area contributed by atoms with Crippen molar-refractivity contribution in [3.8, 4) is 0 Å². The van der Waals surface area contributed by atoms with Gasteiger partial charge in [-0.15, -0.1) is 0 Å². The first-order valence-corrected chi connectivity index (χ1v) is 5.69. The van der Waals surface area contributed by atoms with Gasteiger partial charge in [-0.2, -0.15) is 0 Å². The zero-order chi connectivity index (χ0) is 10.4. The molecule has 0 spiro atoms. The quantitative estimate of drug-likeness (QED) is 0.791. The van der Waals surface area contributed by atoms with Crippen LogP contribution in [-0.2, 0) is 6.42 Å². The average molecular weight is 257 g/mol. The molecule has 1 aromatic carbocycles. The Labute approximate surface area is 94.0 Å². The van der Waals surface area contributed by atoms with Crippen LogP contribution in [0.2, 0.25) is 0 Å². The second kappa shape index (κ2) is 6.17. The number of hydrogen-bond acceptors (Lipinski definition) is 2. The van der Waals surface area contributed by atoms with E-state index in [1.54, 1.807) is 0 Å². The fraction of sp³-hybridized carbons (Fsp3) is 0.455. The lowest BCUT2D eigenvalue weighted by Gasteiger charge is -2.08. The van der Waals surface area contributed by atoms with Gasteiger partial charge in [0.15, 0.2) is 0 Å². The maximum atomic E-state index is 5.63. The van der Waals surface area contributed by atoms with Gasteiger partial charge in [0, 0.05) is 17.1 Å². The van der Waals surface area contributed by atoms with Gasteiger partial charge in [0.2, 0.25) is 0 Å². The SMILES string of the molecule is CC(N)CNCCc1ccccc1Br. The van der Waals surface area contributed by atoms with Crippen LogP contribution in [-0.4, -0.2) is 19.1 Å². The molecule has 0 heterocycles. The predicted octanol–water partition coefficient (Wildman–Crippen LogP) is 1.93. The zero-order valence-electron chi connectivity index (χ0n) is 8.46. The Hall–Kier alpha value is -0.380. The van der Waals surface area contributed by atoms with Gasteiger partial charge in [-0.1, -0.05) is 34.1 Å². The smallest absolute Gasteiger partial charge is 0.0207 e. The summed E-state index contributed by atoms with van der Waals surface area (Å²) in [4.78, 5) is 0. The number of nitrogens with one attached hydrogen (secondary N) is 1. The molecule has 0 saturated carbocycles. The summed E-state index contributed by atoms with van der Waals surface area (Å²) in [5, 5.41) is 3.31. The van der Waals surface area contributed by atoms with Crippen LogP contribution in [0, 0.1) is 0 Å². The molecule has 1 atom stereocenters. The summed E-state index contributed by atoms with van der Waals surface area (Å²) < 4.78 is 1.18. The van der Waals surface area contributed by atoms with E-state index in [-0.39, 0.29) is 6.04 Å². The van der Waals surface area contributed by atoms with Gasteiger partial charge in [0.1, 0.15) is 0 Å². The first-order valence-electron chi connectivity index (χ1n) is 4.90. The molecule has 2 nitrogen and oxygen atoms in total. The lowest BCUT2D eigenvalue weighted by atomic mass is 10.1. The van der Waals surface area contributed by atoms with Crippen LogP contribution in [0.25, 0.3) is 0 Å². The van der Waals surface area contributed by atoms with Gasteiger partial charge in [-0.05, 0) is 31.5 Å². The molecule has 1 unspecified atom stereocenters. The molecule has 0 aliphatic carbocycles. The number of rotatable bonds is 5. The highest BCUT2D eigenvalue weighted by molar-refractivity contribution is 9.10. The van der Waals surface area contributed by atoms with Crippen molar-refractivity contribution in [2.75, 3.05) is 13.1 Å². The molecule has 0 aliphatic rings. The summed E-state index contributed by atoms with van der Waals surface area (Å²) in [7, 11) is 0. The first-order chi connectivity index (χ1) is 6.70. The Kier molecular flexibility index (Phi) is 5.15. The van der Waals surface area contributed by atoms with Crippen molar-refractivity contribution in [1.82, 2.24) is 5.32 Å². The van der Waals surface area contributed by atoms with Crippen LogP contribution < -0.4 is 11.1 Å². The van der Waals surface area contributed by atoms with Crippen LogP contribution in [0.5, 0.6) is 0 Å². The second-order valence-electron chi connectivity index (χ2n) is 3.52. The minimum Gasteiger partial charge on any atom is -0.327 e. The molecule has 0 fully saturated rings. The van der Waals surface area contributed by atoms with Crippen LogP contribution in [0.1, 0.15) is 12.5 Å². The highest BCUT2D eigenvalue weighted by Crippen LogP contribution is 2.15. The standard InChI is InChI=1S/C11H17BrN2/c1-9(13)8-14-7-6-10-4-2-3-5-11(10)12/h2-5,9,14H,6-8,13H2,1H3. The molecule has 0 amide bonds. The summed E-state index contributed by atoms with van der Waals surface area (Å²) in [6.07, 6.45) is 1.04. The third kappa shape index (κ3) is 4.22. The largest absolute Gasteiger partial charge is 0.327 e. The normalized spacial score (nSPS) is 12.8. The second-order valence-corrected chi connectivity index (χ2v) is 4.38. The van der Waals surface area contributed by atoms with Crippen molar-refractivity contribution in [3.05, 3.63) is 34.3 Å². The van der Waals surface area contributed by atoms with E-state index in [0.717, 1.165) is 19.5 Å². The van der Waals surface area contributed by atoms with Gasteiger partial charge in [-0.25, -0.2) is 0 Å². The fourth-order valence-corrected chi connectivity index (χ4v) is 1.74. The van der Waals surface area contributed by atoms with E-state index in [0.29, 0.717) is 0 Å². The Morgan fingerprint density at radius 3 is 2.79 bits per heavy atom. The maximum absolute atomic E-state index is 5.63. The predicted molar refractivity (Wildman–Crippen MR) is 64.4 cm³/mol. The van der Waals surface area contributed by atoms with Crippen molar-refractivity contribution < 1.29 is 0 Å². The van der Waals surface area contributed by atoms with Crippen LogP contribution in [0.4, 0.5) is 0 Å². The van der Waals surface area contributed by atoms with E-state index in [4.69, 9.17) is 5.73 Å². The zero-order valence-corrected chi connectivity index (χ0v) is 10.0. The molecule has 14 heavy (non-hydrogen) atoms. The van der Waals surface area contributed by atoms with E-state index in [2.05, 4.69) is 39.4 Å². The maximum Gasteiger partial charge on any atom is 0.0207 e. The Morgan fingerprint density at radius 1 is 1.43 bits per heavy atom. The molecule has 0 radical (unpaired) electrons. The number of nitrogens with two attached hydrogens (primary N) is 1. The fourth-order valence-electron chi connectivity index (χ4n) is 1.25. The summed E-state index contributed by atoms with van der Waals surface area (Å²) >= 11 is 3.52. The van der Waals surface area contributed by atoms with E-state index >= 15 is 0 Å². The monoisotopic (exact) mass is 256 g/mol. The van der Waals surface area contributed by atoms with Crippen molar-refractivity contribution in [2.45, 2.75) is 19.4 Å². The number of hydrogen-bond donors (Lipinski definition) is 2. The molecular formula is C11H17BrN2. The lowest BCUT2D eigenvalue weighted by Crippen LogP contribution is -2.32. The molecule has 3 heteroatoms. The highest BCUT2D eigenvalue weighted by Gasteiger charge is 1.98. The average Bonchev–Trinajstić information content (AvgIpc) is 2.15. The van der Waals surface area contributed by atoms with E-state index in [1.807, 2.05) is 13.0 Å². The van der Waals surface area contributed by atoms with Crippen molar-refractivity contribution in [2.24, 2.45) is 5.73 Å². The van der Waals surface area contributed by atoms with E-state index in [9.17, 15) is 0 Å². The Balaban J connectivity index is 2.28. The molecule has 0 aliphatic heterocycles. The number of benzene rings is 1. The first kappa shape index (κ1) is 11.7. The van der Waals surface area contributed by atoms with Gasteiger partial charge in [0.05, 0.1) is 0 Å². The third-order valence-electron chi connectivity index (χ3n) is 2.00. The molecule has 0 aromatic heterocycles. The Bertz CT molecular complexity index is 274. The molecule has 1 rings (SSSR count). The highest BCUT2D eigenvalue weighted by atomic mass is 79.9. The molecule has 0 saturated heterocycles. The number of halogens is 1. The molecule has 3 N–H and O–H groups in total. The summed E-state index contributed by atoms with van der Waals surface area (Å²) in [6, 6.07) is 8.53. The third-order valence-corrected chi connectivity index (χ3v) is 2.77. The van der Waals surface area contributed by atoms with Crippen molar-refractivity contribution in [3.63, 3.8) is 0 Å². The minimum atomic E-state index is 0.231. The summed E-state index contributed by atoms with van der Waals surface area (Å²) in [5.74, 6) is 0. The van der Waals surface area contributed by atoms with Gasteiger partial charge >= 0.3 is 0 Å². The van der Waals surface area contributed by atoms with Crippen LogP contribution >= 0.6 is 15.9 Å². The summed E-state index contributed by atoms with van der Waals surface area (Å²) in [6.45, 7) is 3.86. The Morgan fingerprint density at radius 2 is 2.14 bits per heavy atom. The van der Waals surface area contributed by atoms with Gasteiger partial charge in [-0.3, -0.25) is 0 Å². The molecule has 0 bridgehead atoms. The van der Waals surface area contributed by atoms with Gasteiger partial charge in [0.25, 0.3) is 0 Å². The topological polar surface area (TPSA) is 38.0 Å². The summed E-state index contributed by atoms with van der Waals surface area (Å²) in [5.41, 5.74) is 6.97. The van der Waals surface area contributed by atoms with Crippen molar-refractivity contribution >= 4 is 15.9 Å². The lowest BCUT2D eigenvalue weighted by molar-refractivity contribution is 0.608. The van der Waals surface area contributed by atoms with Crippen LogP contribution in [0.15, 0.2) is 28.7 Å². The minimum absolute atomic E-state index is 0.231. The van der Waals surface area contributed by atoms with Crippen molar-refractivity contribution in [1.29, 1.82) is 0 Å². The van der Waals surface area contributed by atoms with E-state index in [1.165, 1.54) is 10.0 Å². The molecular weight excluding hydrogens is 240 g/mol. The van der Waals surface area contributed by atoms with E-state index < -0.39 is 0 Å². The van der Waals surface area contributed by atoms with Crippen LogP contribution in [0.3, 0.4) is 0 Å². The van der Waals surface area contributed by atoms with Gasteiger partial charge < -0.3 is 11.1 Å². The molecule has 1 aromatic rings.